The van der Waals surface area contributed by atoms with Crippen LogP contribution in [0.5, 0.6) is 0 Å². The number of aromatic nitrogens is 3. The van der Waals surface area contributed by atoms with E-state index in [0.717, 1.165) is 29.5 Å². The SMILES string of the molecule is Cn1cc(N2CCN(Cc3csc(C(C)(C)C)n3)CC2=O)cn1. The molecule has 0 atom stereocenters. The Hall–Kier alpha value is -1.73. The monoisotopic (exact) mass is 333 g/mol. The van der Waals surface area contributed by atoms with Crippen LogP contribution in [0.2, 0.25) is 0 Å². The summed E-state index contributed by atoms with van der Waals surface area (Å²) in [4.78, 5) is 21.1. The van der Waals surface area contributed by atoms with Gasteiger partial charge in [-0.15, -0.1) is 11.3 Å². The second-order valence-corrected chi connectivity index (χ2v) is 7.88. The van der Waals surface area contributed by atoms with E-state index in [-0.39, 0.29) is 11.3 Å². The summed E-state index contributed by atoms with van der Waals surface area (Å²) in [6.07, 6.45) is 3.62. The molecule has 2 aromatic rings. The minimum atomic E-state index is 0.0811. The van der Waals surface area contributed by atoms with Crippen LogP contribution in [0.1, 0.15) is 31.5 Å². The first-order valence-electron chi connectivity index (χ1n) is 7.79. The van der Waals surface area contributed by atoms with Crippen LogP contribution in [0, 0.1) is 0 Å². The number of aryl methyl sites for hydroxylation is 1. The number of hydrogen-bond donors (Lipinski definition) is 0. The van der Waals surface area contributed by atoms with Crippen molar-refractivity contribution in [2.45, 2.75) is 32.7 Å². The number of piperazine rings is 1. The third-order valence-corrected chi connectivity index (χ3v) is 5.20. The van der Waals surface area contributed by atoms with E-state index in [9.17, 15) is 4.79 Å². The number of amides is 1. The van der Waals surface area contributed by atoms with Crippen LogP contribution in [0.25, 0.3) is 0 Å². The highest BCUT2D eigenvalue weighted by Crippen LogP contribution is 2.26. The average molecular weight is 333 g/mol. The predicted octanol–water partition coefficient (Wildman–Crippen LogP) is 2.02. The highest BCUT2D eigenvalue weighted by Gasteiger charge is 2.26. The van der Waals surface area contributed by atoms with Crippen molar-refractivity contribution in [1.29, 1.82) is 0 Å². The van der Waals surface area contributed by atoms with Gasteiger partial charge < -0.3 is 4.90 Å². The van der Waals surface area contributed by atoms with Gasteiger partial charge in [-0.2, -0.15) is 5.10 Å². The van der Waals surface area contributed by atoms with E-state index in [1.54, 1.807) is 22.2 Å². The van der Waals surface area contributed by atoms with Crippen LogP contribution in [0.3, 0.4) is 0 Å². The van der Waals surface area contributed by atoms with Crippen molar-refractivity contribution in [2.75, 3.05) is 24.5 Å². The van der Waals surface area contributed by atoms with Gasteiger partial charge in [-0.1, -0.05) is 20.8 Å². The first-order chi connectivity index (χ1) is 10.8. The highest BCUT2D eigenvalue weighted by molar-refractivity contribution is 7.09. The van der Waals surface area contributed by atoms with Crippen LogP contribution < -0.4 is 4.90 Å². The fourth-order valence-electron chi connectivity index (χ4n) is 2.63. The Morgan fingerprint density at radius 3 is 2.65 bits per heavy atom. The number of carbonyl (C=O) groups is 1. The van der Waals surface area contributed by atoms with Crippen molar-refractivity contribution in [3.8, 4) is 0 Å². The number of nitrogens with zero attached hydrogens (tertiary/aromatic N) is 5. The summed E-state index contributed by atoms with van der Waals surface area (Å²) >= 11 is 1.70. The molecule has 0 N–H and O–H groups in total. The predicted molar refractivity (Wildman–Crippen MR) is 91.7 cm³/mol. The van der Waals surface area contributed by atoms with Crippen molar-refractivity contribution in [1.82, 2.24) is 19.7 Å². The van der Waals surface area contributed by atoms with Gasteiger partial charge in [0, 0.05) is 43.7 Å². The van der Waals surface area contributed by atoms with Crippen LogP contribution in [-0.4, -0.2) is 45.2 Å². The third-order valence-electron chi connectivity index (χ3n) is 3.88. The standard InChI is InChI=1S/C16H23N5OS/c1-16(2,3)15-18-12(11-23-15)8-20-5-6-21(14(22)10-20)13-7-17-19(4)9-13/h7,9,11H,5-6,8,10H2,1-4H3. The topological polar surface area (TPSA) is 54.3 Å². The van der Waals surface area contributed by atoms with Crippen LogP contribution in [0.15, 0.2) is 17.8 Å². The number of rotatable bonds is 3. The quantitative estimate of drug-likeness (QED) is 0.862. The Balaban J connectivity index is 1.62. The number of thiazole rings is 1. The molecule has 1 aliphatic rings. The molecule has 0 aliphatic carbocycles. The van der Waals surface area contributed by atoms with Gasteiger partial charge in [-0.3, -0.25) is 14.4 Å². The van der Waals surface area contributed by atoms with Gasteiger partial charge in [0.2, 0.25) is 5.91 Å². The second kappa shape index (κ2) is 6.05. The molecule has 2 aromatic heterocycles. The minimum Gasteiger partial charge on any atom is -0.307 e. The Bertz CT molecular complexity index is 699. The summed E-state index contributed by atoms with van der Waals surface area (Å²) in [7, 11) is 1.86. The van der Waals surface area contributed by atoms with Gasteiger partial charge in [0.15, 0.2) is 0 Å². The molecule has 0 unspecified atom stereocenters. The molecule has 1 saturated heterocycles. The van der Waals surface area contributed by atoms with Gasteiger partial charge in [0.05, 0.1) is 29.1 Å². The Morgan fingerprint density at radius 2 is 2.09 bits per heavy atom. The molecule has 3 heterocycles. The molecular weight excluding hydrogens is 310 g/mol. The lowest BCUT2D eigenvalue weighted by atomic mass is 9.98. The van der Waals surface area contributed by atoms with Crippen LogP contribution in [-0.2, 0) is 23.8 Å². The van der Waals surface area contributed by atoms with E-state index in [1.807, 2.05) is 18.1 Å². The maximum atomic E-state index is 12.4. The molecule has 1 fully saturated rings. The van der Waals surface area contributed by atoms with E-state index in [1.165, 1.54) is 0 Å². The highest BCUT2D eigenvalue weighted by atomic mass is 32.1. The largest absolute Gasteiger partial charge is 0.307 e. The molecular formula is C16H23N5OS. The first kappa shape index (κ1) is 16.1. The van der Waals surface area contributed by atoms with Gasteiger partial charge in [-0.05, 0) is 0 Å². The summed E-state index contributed by atoms with van der Waals surface area (Å²) in [6, 6.07) is 0. The summed E-state index contributed by atoms with van der Waals surface area (Å²) in [5.41, 5.74) is 2.01. The zero-order chi connectivity index (χ0) is 16.6. The maximum absolute atomic E-state index is 12.4. The molecule has 0 aromatic carbocycles. The van der Waals surface area contributed by atoms with Gasteiger partial charge >= 0.3 is 0 Å². The normalized spacial score (nSPS) is 17.0. The molecule has 0 saturated carbocycles. The van der Waals surface area contributed by atoms with Crippen molar-refractivity contribution >= 4 is 22.9 Å². The lowest BCUT2D eigenvalue weighted by molar-refractivity contribution is -0.121. The molecule has 3 rings (SSSR count). The first-order valence-corrected chi connectivity index (χ1v) is 8.67. The van der Waals surface area contributed by atoms with Gasteiger partial charge in [0.1, 0.15) is 0 Å². The second-order valence-electron chi connectivity index (χ2n) is 7.02. The number of carbonyl (C=O) groups excluding carboxylic acids is 1. The minimum absolute atomic E-state index is 0.0811. The molecule has 0 radical (unpaired) electrons. The fraction of sp³-hybridized carbons (Fsp3) is 0.562. The van der Waals surface area contributed by atoms with Crippen LogP contribution in [0.4, 0.5) is 5.69 Å². The van der Waals surface area contributed by atoms with Crippen molar-refractivity contribution in [2.24, 2.45) is 7.05 Å². The summed E-state index contributed by atoms with van der Waals surface area (Å²) < 4.78 is 1.72. The van der Waals surface area contributed by atoms with E-state index < -0.39 is 0 Å². The third kappa shape index (κ3) is 3.61. The zero-order valence-corrected chi connectivity index (χ0v) is 14.9. The number of hydrogen-bond acceptors (Lipinski definition) is 5. The van der Waals surface area contributed by atoms with Crippen molar-refractivity contribution < 1.29 is 4.79 Å². The van der Waals surface area contributed by atoms with Crippen LogP contribution >= 0.6 is 11.3 Å². The van der Waals surface area contributed by atoms with E-state index >= 15 is 0 Å². The van der Waals surface area contributed by atoms with Gasteiger partial charge in [0.25, 0.3) is 0 Å². The Labute approximate surface area is 140 Å². The summed E-state index contributed by atoms with van der Waals surface area (Å²) in [5.74, 6) is 0.121. The maximum Gasteiger partial charge on any atom is 0.241 e. The summed E-state index contributed by atoms with van der Waals surface area (Å²) in [6.45, 7) is 9.23. The molecule has 0 spiro atoms. The van der Waals surface area contributed by atoms with E-state index in [4.69, 9.17) is 4.98 Å². The fourth-order valence-corrected chi connectivity index (χ4v) is 3.53. The average Bonchev–Trinajstić information content (AvgIpc) is 3.08. The molecule has 7 heteroatoms. The Kier molecular flexibility index (Phi) is 4.25. The zero-order valence-electron chi connectivity index (χ0n) is 14.1. The molecule has 1 amide bonds. The number of anilines is 1. The lowest BCUT2D eigenvalue weighted by Gasteiger charge is -2.33. The van der Waals surface area contributed by atoms with Crippen molar-refractivity contribution in [3.05, 3.63) is 28.5 Å². The van der Waals surface area contributed by atoms with E-state index in [2.05, 4.69) is 36.1 Å². The molecule has 1 aliphatic heterocycles. The molecule has 23 heavy (non-hydrogen) atoms. The molecule has 6 nitrogen and oxygen atoms in total. The molecule has 0 bridgehead atoms. The van der Waals surface area contributed by atoms with Crippen molar-refractivity contribution in [3.63, 3.8) is 0 Å². The smallest absolute Gasteiger partial charge is 0.241 e. The molecule has 124 valence electrons. The lowest BCUT2D eigenvalue weighted by Crippen LogP contribution is -2.50. The summed E-state index contributed by atoms with van der Waals surface area (Å²) in [5, 5.41) is 7.40. The Morgan fingerprint density at radius 1 is 1.30 bits per heavy atom. The van der Waals surface area contributed by atoms with Gasteiger partial charge in [-0.25, -0.2) is 4.98 Å². The van der Waals surface area contributed by atoms with E-state index in [0.29, 0.717) is 13.1 Å².